The summed E-state index contributed by atoms with van der Waals surface area (Å²) in [5.41, 5.74) is 3.66. The zero-order chi connectivity index (χ0) is 14.8. The average Bonchev–Trinajstić information content (AvgIpc) is 2.86. The first-order valence-electron chi connectivity index (χ1n) is 7.49. The van der Waals surface area contributed by atoms with Crippen LogP contribution in [-0.2, 0) is 11.3 Å². The van der Waals surface area contributed by atoms with E-state index in [0.29, 0.717) is 12.2 Å². The van der Waals surface area contributed by atoms with E-state index in [2.05, 4.69) is 55.3 Å². The summed E-state index contributed by atoms with van der Waals surface area (Å²) in [7, 11) is 0. The van der Waals surface area contributed by atoms with Crippen molar-refractivity contribution in [3.8, 4) is 10.6 Å². The second kappa shape index (κ2) is 6.26. The number of ether oxygens (including phenoxy) is 1. The molecule has 112 valence electrons. The summed E-state index contributed by atoms with van der Waals surface area (Å²) in [5, 5.41) is 3.30. The monoisotopic (exact) mass is 302 g/mol. The minimum Gasteiger partial charge on any atom is -0.373 e. The van der Waals surface area contributed by atoms with E-state index >= 15 is 0 Å². The molecule has 1 aromatic heterocycles. The van der Waals surface area contributed by atoms with Crippen molar-refractivity contribution < 1.29 is 4.74 Å². The standard InChI is InChI=1S/C17H22N2OS/c1-12-5-4-6-15(7-12)17-18-16(11-21-17)10-19-8-13(2)20-14(3)9-19/h4-7,11,13-14H,8-10H2,1-3H3/t13-,14-/m1/s1. The Hall–Kier alpha value is -1.23. The third-order valence-corrected chi connectivity index (χ3v) is 4.64. The van der Waals surface area contributed by atoms with Gasteiger partial charge in [-0.3, -0.25) is 4.90 Å². The highest BCUT2D eigenvalue weighted by molar-refractivity contribution is 7.13. The molecule has 0 N–H and O–H groups in total. The highest BCUT2D eigenvalue weighted by atomic mass is 32.1. The summed E-state index contributed by atoms with van der Waals surface area (Å²) < 4.78 is 5.78. The van der Waals surface area contributed by atoms with Crippen LogP contribution >= 0.6 is 11.3 Å². The zero-order valence-electron chi connectivity index (χ0n) is 12.9. The molecule has 3 nitrogen and oxygen atoms in total. The molecule has 2 aromatic rings. The molecule has 3 rings (SSSR count). The van der Waals surface area contributed by atoms with Gasteiger partial charge in [-0.25, -0.2) is 4.98 Å². The van der Waals surface area contributed by atoms with Crippen LogP contribution in [0.4, 0.5) is 0 Å². The van der Waals surface area contributed by atoms with Crippen LogP contribution in [0.5, 0.6) is 0 Å². The number of aromatic nitrogens is 1. The normalized spacial score (nSPS) is 23.4. The van der Waals surface area contributed by atoms with Gasteiger partial charge >= 0.3 is 0 Å². The lowest BCUT2D eigenvalue weighted by molar-refractivity contribution is -0.0707. The number of hydrogen-bond acceptors (Lipinski definition) is 4. The van der Waals surface area contributed by atoms with Gasteiger partial charge in [0.05, 0.1) is 17.9 Å². The highest BCUT2D eigenvalue weighted by Crippen LogP contribution is 2.25. The van der Waals surface area contributed by atoms with Gasteiger partial charge in [0.1, 0.15) is 5.01 Å². The van der Waals surface area contributed by atoms with Crippen molar-refractivity contribution in [1.82, 2.24) is 9.88 Å². The summed E-state index contributed by atoms with van der Waals surface area (Å²) in [6, 6.07) is 8.54. The molecule has 0 bridgehead atoms. The van der Waals surface area contributed by atoms with Crippen molar-refractivity contribution in [2.75, 3.05) is 13.1 Å². The van der Waals surface area contributed by atoms with Crippen LogP contribution < -0.4 is 0 Å². The molecule has 2 atom stereocenters. The lowest BCUT2D eigenvalue weighted by Crippen LogP contribution is -2.44. The van der Waals surface area contributed by atoms with E-state index in [1.54, 1.807) is 11.3 Å². The van der Waals surface area contributed by atoms with E-state index in [4.69, 9.17) is 9.72 Å². The van der Waals surface area contributed by atoms with Gasteiger partial charge in [0.25, 0.3) is 0 Å². The van der Waals surface area contributed by atoms with Crippen molar-refractivity contribution in [2.24, 2.45) is 0 Å². The van der Waals surface area contributed by atoms with Gasteiger partial charge in [0, 0.05) is 30.6 Å². The Labute approximate surface area is 130 Å². The van der Waals surface area contributed by atoms with E-state index in [1.165, 1.54) is 11.1 Å². The van der Waals surface area contributed by atoms with Gasteiger partial charge in [-0.1, -0.05) is 23.8 Å². The van der Waals surface area contributed by atoms with E-state index in [-0.39, 0.29) is 0 Å². The molecule has 0 unspecified atom stereocenters. The number of aryl methyl sites for hydroxylation is 1. The van der Waals surface area contributed by atoms with Crippen molar-refractivity contribution in [3.05, 3.63) is 40.9 Å². The Morgan fingerprint density at radius 1 is 1.29 bits per heavy atom. The van der Waals surface area contributed by atoms with Gasteiger partial charge in [0.15, 0.2) is 0 Å². The molecule has 0 radical (unpaired) electrons. The van der Waals surface area contributed by atoms with Gasteiger partial charge < -0.3 is 4.74 Å². The average molecular weight is 302 g/mol. The van der Waals surface area contributed by atoms with E-state index in [1.807, 2.05) is 0 Å². The number of hydrogen-bond donors (Lipinski definition) is 0. The smallest absolute Gasteiger partial charge is 0.123 e. The molecule has 0 aliphatic carbocycles. The third-order valence-electron chi connectivity index (χ3n) is 3.70. The minimum atomic E-state index is 0.309. The van der Waals surface area contributed by atoms with Crippen LogP contribution in [-0.4, -0.2) is 35.2 Å². The summed E-state index contributed by atoms with van der Waals surface area (Å²) in [6.07, 6.45) is 0.618. The van der Waals surface area contributed by atoms with Crippen LogP contribution in [0.2, 0.25) is 0 Å². The molecule has 1 saturated heterocycles. The molecule has 2 heterocycles. The second-order valence-corrected chi connectivity index (χ2v) is 6.82. The predicted molar refractivity (Wildman–Crippen MR) is 87.6 cm³/mol. The number of thiazole rings is 1. The molecule has 1 aliphatic rings. The Morgan fingerprint density at radius 3 is 2.76 bits per heavy atom. The van der Waals surface area contributed by atoms with Crippen molar-refractivity contribution in [3.63, 3.8) is 0 Å². The fourth-order valence-corrected chi connectivity index (χ4v) is 3.74. The molecule has 1 fully saturated rings. The molecular formula is C17H22N2OS. The Balaban J connectivity index is 1.70. The summed E-state index contributed by atoms with van der Waals surface area (Å²) in [5.74, 6) is 0. The van der Waals surface area contributed by atoms with Crippen molar-refractivity contribution >= 4 is 11.3 Å². The molecule has 1 aromatic carbocycles. The summed E-state index contributed by atoms with van der Waals surface area (Å²) >= 11 is 1.73. The summed E-state index contributed by atoms with van der Waals surface area (Å²) in [4.78, 5) is 7.24. The zero-order valence-corrected chi connectivity index (χ0v) is 13.7. The highest BCUT2D eigenvalue weighted by Gasteiger charge is 2.22. The van der Waals surface area contributed by atoms with Gasteiger partial charge in [-0.15, -0.1) is 11.3 Å². The first-order valence-corrected chi connectivity index (χ1v) is 8.37. The van der Waals surface area contributed by atoms with Crippen molar-refractivity contribution in [1.29, 1.82) is 0 Å². The lowest BCUT2D eigenvalue weighted by atomic mass is 10.1. The second-order valence-electron chi connectivity index (χ2n) is 5.96. The topological polar surface area (TPSA) is 25.4 Å². The minimum absolute atomic E-state index is 0.309. The Morgan fingerprint density at radius 2 is 2.05 bits per heavy atom. The Bertz CT molecular complexity index is 600. The van der Waals surface area contributed by atoms with Gasteiger partial charge in [0.2, 0.25) is 0 Å². The van der Waals surface area contributed by atoms with E-state index in [0.717, 1.165) is 30.3 Å². The maximum absolute atomic E-state index is 5.78. The molecule has 0 spiro atoms. The maximum atomic E-state index is 5.78. The van der Waals surface area contributed by atoms with Crippen LogP contribution in [0.15, 0.2) is 29.6 Å². The fourth-order valence-electron chi connectivity index (χ4n) is 2.93. The van der Waals surface area contributed by atoms with Crippen molar-refractivity contribution in [2.45, 2.75) is 39.5 Å². The molecule has 4 heteroatoms. The third kappa shape index (κ3) is 3.70. The molecule has 1 aliphatic heterocycles. The molecule has 0 amide bonds. The van der Waals surface area contributed by atoms with Crippen LogP contribution in [0, 0.1) is 6.92 Å². The van der Waals surface area contributed by atoms with Crippen LogP contribution in [0.1, 0.15) is 25.1 Å². The number of benzene rings is 1. The number of nitrogens with zero attached hydrogens (tertiary/aromatic N) is 2. The SMILES string of the molecule is Cc1cccc(-c2nc(CN3C[C@@H](C)O[C@H](C)C3)cs2)c1. The molecule has 0 saturated carbocycles. The van der Waals surface area contributed by atoms with Gasteiger partial charge in [-0.2, -0.15) is 0 Å². The van der Waals surface area contributed by atoms with Gasteiger partial charge in [-0.05, 0) is 26.8 Å². The largest absolute Gasteiger partial charge is 0.373 e. The first-order chi connectivity index (χ1) is 10.1. The van der Waals surface area contributed by atoms with E-state index in [9.17, 15) is 0 Å². The van der Waals surface area contributed by atoms with Crippen LogP contribution in [0.25, 0.3) is 10.6 Å². The molecular weight excluding hydrogens is 280 g/mol. The quantitative estimate of drug-likeness (QED) is 0.864. The predicted octanol–water partition coefficient (Wildman–Crippen LogP) is 3.73. The number of rotatable bonds is 3. The fraction of sp³-hybridized carbons (Fsp3) is 0.471. The van der Waals surface area contributed by atoms with Crippen LogP contribution in [0.3, 0.4) is 0 Å². The first kappa shape index (κ1) is 14.7. The number of morpholine rings is 1. The lowest BCUT2D eigenvalue weighted by Gasteiger charge is -2.34. The Kier molecular flexibility index (Phi) is 4.38. The van der Waals surface area contributed by atoms with E-state index < -0.39 is 0 Å². The maximum Gasteiger partial charge on any atom is 0.123 e. The molecule has 21 heavy (non-hydrogen) atoms. The summed E-state index contributed by atoms with van der Waals surface area (Å²) in [6.45, 7) is 9.29.